The third-order valence-corrected chi connectivity index (χ3v) is 3.20. The predicted octanol–water partition coefficient (Wildman–Crippen LogP) is 3.66. The summed E-state index contributed by atoms with van der Waals surface area (Å²) in [5.41, 5.74) is 1.30. The minimum absolute atomic E-state index is 0.0245. The molecule has 2 aromatic rings. The zero-order valence-electron chi connectivity index (χ0n) is 9.38. The summed E-state index contributed by atoms with van der Waals surface area (Å²) in [6, 6.07) is 8.87. The number of carbonyl (C=O) groups is 1. The quantitative estimate of drug-likeness (QED) is 0.661. The van der Waals surface area contributed by atoms with Crippen LogP contribution in [0.5, 0.6) is 5.75 Å². The Kier molecular flexibility index (Phi) is 3.40. The van der Waals surface area contributed by atoms with Gasteiger partial charge in [-0.1, -0.05) is 17.7 Å². The molecule has 1 heterocycles. The molecular weight excluding hydrogens is 232 g/mol. The maximum Gasteiger partial charge on any atom is 0.189 e. The number of carbonyl (C=O) groups excluding carboxylic acids is 1. The number of phenolic OH excluding ortho intramolecular Hbond substituents is 1. The Morgan fingerprint density at radius 3 is 2.88 bits per heavy atom. The Labute approximate surface area is 104 Å². The van der Waals surface area contributed by atoms with Crippen LogP contribution in [0.2, 0.25) is 0 Å². The Balaban J connectivity index is 2.23. The van der Waals surface area contributed by atoms with Gasteiger partial charge in [0.05, 0.1) is 5.56 Å². The molecular formula is C14H12O2S. The predicted molar refractivity (Wildman–Crippen MR) is 70.5 cm³/mol. The molecule has 1 N–H and O–H groups in total. The topological polar surface area (TPSA) is 37.3 Å². The number of aryl methyl sites for hydroxylation is 1. The number of hydrogen-bond donors (Lipinski definition) is 1. The van der Waals surface area contributed by atoms with Crippen LogP contribution in [0, 0.1) is 6.92 Å². The molecule has 3 heteroatoms. The van der Waals surface area contributed by atoms with Crippen LogP contribution in [-0.2, 0) is 0 Å². The zero-order chi connectivity index (χ0) is 12.3. The molecule has 0 aliphatic rings. The molecule has 0 unspecified atom stereocenters. The molecule has 1 aromatic heterocycles. The van der Waals surface area contributed by atoms with Crippen molar-refractivity contribution >= 4 is 23.2 Å². The summed E-state index contributed by atoms with van der Waals surface area (Å²) in [6.45, 7) is 1.89. The van der Waals surface area contributed by atoms with E-state index in [1.807, 2.05) is 24.4 Å². The first-order valence-corrected chi connectivity index (χ1v) is 6.10. The normalized spacial score (nSPS) is 10.9. The van der Waals surface area contributed by atoms with E-state index in [0.29, 0.717) is 5.56 Å². The molecule has 17 heavy (non-hydrogen) atoms. The number of allylic oxidation sites excluding steroid dienone is 1. The van der Waals surface area contributed by atoms with E-state index in [1.165, 1.54) is 6.08 Å². The first-order chi connectivity index (χ1) is 8.16. The number of benzene rings is 1. The summed E-state index contributed by atoms with van der Waals surface area (Å²) in [5.74, 6) is -0.156. The molecule has 0 atom stereocenters. The fraction of sp³-hybridized carbons (Fsp3) is 0.0714. The molecule has 0 bridgehead atoms. The van der Waals surface area contributed by atoms with Crippen LogP contribution >= 0.6 is 11.3 Å². The van der Waals surface area contributed by atoms with Gasteiger partial charge in [-0.3, -0.25) is 4.79 Å². The highest BCUT2D eigenvalue weighted by Gasteiger charge is 2.07. The van der Waals surface area contributed by atoms with E-state index < -0.39 is 0 Å². The standard InChI is InChI=1S/C14H12O2S/c1-10-4-6-13(15)12(9-10)14(16)7-5-11-3-2-8-17-11/h2-9,15H,1H3. The molecule has 2 nitrogen and oxygen atoms in total. The minimum Gasteiger partial charge on any atom is -0.507 e. The summed E-state index contributed by atoms with van der Waals surface area (Å²) in [7, 11) is 0. The van der Waals surface area contributed by atoms with Crippen LogP contribution in [0.15, 0.2) is 41.8 Å². The van der Waals surface area contributed by atoms with Gasteiger partial charge in [0.2, 0.25) is 0 Å². The number of thiophene rings is 1. The Morgan fingerprint density at radius 2 is 2.18 bits per heavy atom. The van der Waals surface area contributed by atoms with E-state index in [9.17, 15) is 9.90 Å². The lowest BCUT2D eigenvalue weighted by atomic mass is 10.1. The van der Waals surface area contributed by atoms with Crippen LogP contribution in [0.1, 0.15) is 20.8 Å². The van der Waals surface area contributed by atoms with Crippen LogP contribution in [0.25, 0.3) is 6.08 Å². The first-order valence-electron chi connectivity index (χ1n) is 5.22. The molecule has 1 aromatic carbocycles. The van der Waals surface area contributed by atoms with Gasteiger partial charge in [-0.2, -0.15) is 0 Å². The van der Waals surface area contributed by atoms with Gasteiger partial charge >= 0.3 is 0 Å². The largest absolute Gasteiger partial charge is 0.507 e. The van der Waals surface area contributed by atoms with Gasteiger partial charge in [0.1, 0.15) is 5.75 Å². The van der Waals surface area contributed by atoms with E-state index in [-0.39, 0.29) is 11.5 Å². The molecule has 0 aliphatic carbocycles. The second-order valence-electron chi connectivity index (χ2n) is 3.73. The number of aromatic hydroxyl groups is 1. The van der Waals surface area contributed by atoms with Crippen LogP contribution in [0.3, 0.4) is 0 Å². The third-order valence-electron chi connectivity index (χ3n) is 2.36. The summed E-state index contributed by atoms with van der Waals surface area (Å²) in [6.07, 6.45) is 3.25. The average Bonchev–Trinajstić information content (AvgIpc) is 2.82. The summed E-state index contributed by atoms with van der Waals surface area (Å²) in [4.78, 5) is 12.9. The van der Waals surface area contributed by atoms with E-state index >= 15 is 0 Å². The Bertz CT molecular complexity index is 554. The highest BCUT2D eigenvalue weighted by atomic mass is 32.1. The van der Waals surface area contributed by atoms with E-state index in [4.69, 9.17) is 0 Å². The van der Waals surface area contributed by atoms with E-state index in [1.54, 1.807) is 35.6 Å². The molecule has 0 amide bonds. The number of hydrogen-bond acceptors (Lipinski definition) is 3. The fourth-order valence-electron chi connectivity index (χ4n) is 1.48. The van der Waals surface area contributed by atoms with Crippen molar-refractivity contribution in [1.82, 2.24) is 0 Å². The van der Waals surface area contributed by atoms with Crippen LogP contribution in [-0.4, -0.2) is 10.9 Å². The second-order valence-corrected chi connectivity index (χ2v) is 4.71. The molecule has 86 valence electrons. The van der Waals surface area contributed by atoms with Gasteiger partial charge in [0.25, 0.3) is 0 Å². The molecule has 0 saturated heterocycles. The summed E-state index contributed by atoms with van der Waals surface area (Å²) in [5, 5.41) is 11.6. The van der Waals surface area contributed by atoms with Crippen LogP contribution < -0.4 is 0 Å². The maximum atomic E-state index is 11.9. The van der Waals surface area contributed by atoms with Gasteiger partial charge in [0, 0.05) is 4.88 Å². The van der Waals surface area contributed by atoms with Crippen LogP contribution in [0.4, 0.5) is 0 Å². The lowest BCUT2D eigenvalue weighted by Gasteiger charge is -2.01. The van der Waals surface area contributed by atoms with E-state index in [2.05, 4.69) is 0 Å². The minimum atomic E-state index is -0.181. The van der Waals surface area contributed by atoms with Gasteiger partial charge in [-0.25, -0.2) is 0 Å². The molecule has 2 rings (SSSR count). The van der Waals surface area contributed by atoms with Crippen molar-refractivity contribution < 1.29 is 9.90 Å². The van der Waals surface area contributed by atoms with Gasteiger partial charge in [-0.15, -0.1) is 11.3 Å². The molecule has 0 fully saturated rings. The highest BCUT2D eigenvalue weighted by Crippen LogP contribution is 2.20. The lowest BCUT2D eigenvalue weighted by Crippen LogP contribution is -1.95. The average molecular weight is 244 g/mol. The van der Waals surface area contributed by atoms with Crippen molar-refractivity contribution in [3.05, 3.63) is 57.8 Å². The van der Waals surface area contributed by atoms with Crippen molar-refractivity contribution in [3.8, 4) is 5.75 Å². The fourth-order valence-corrected chi connectivity index (χ4v) is 2.10. The van der Waals surface area contributed by atoms with Crippen molar-refractivity contribution in [1.29, 1.82) is 0 Å². The van der Waals surface area contributed by atoms with Crippen molar-refractivity contribution in [2.24, 2.45) is 0 Å². The third kappa shape index (κ3) is 2.82. The van der Waals surface area contributed by atoms with Gasteiger partial charge in [-0.05, 0) is 42.7 Å². The monoisotopic (exact) mass is 244 g/mol. The lowest BCUT2D eigenvalue weighted by molar-refractivity contribution is 0.104. The maximum absolute atomic E-state index is 11.9. The van der Waals surface area contributed by atoms with Crippen molar-refractivity contribution in [2.75, 3.05) is 0 Å². The zero-order valence-corrected chi connectivity index (χ0v) is 10.2. The first kappa shape index (κ1) is 11.6. The Hall–Kier alpha value is -1.87. The number of phenols is 1. The summed E-state index contributed by atoms with van der Waals surface area (Å²) < 4.78 is 0. The molecule has 0 spiro atoms. The van der Waals surface area contributed by atoms with Gasteiger partial charge < -0.3 is 5.11 Å². The number of rotatable bonds is 3. The molecule has 0 aliphatic heterocycles. The summed E-state index contributed by atoms with van der Waals surface area (Å²) >= 11 is 1.57. The van der Waals surface area contributed by atoms with Crippen molar-refractivity contribution in [3.63, 3.8) is 0 Å². The molecule has 0 saturated carbocycles. The molecule has 0 radical (unpaired) electrons. The Morgan fingerprint density at radius 1 is 1.35 bits per heavy atom. The second kappa shape index (κ2) is 4.97. The van der Waals surface area contributed by atoms with Gasteiger partial charge in [0.15, 0.2) is 5.78 Å². The SMILES string of the molecule is Cc1ccc(O)c(C(=O)C=Cc2cccs2)c1. The smallest absolute Gasteiger partial charge is 0.189 e. The highest BCUT2D eigenvalue weighted by molar-refractivity contribution is 7.10. The van der Waals surface area contributed by atoms with E-state index in [0.717, 1.165) is 10.4 Å². The number of ketones is 1. The van der Waals surface area contributed by atoms with Crippen molar-refractivity contribution in [2.45, 2.75) is 6.92 Å².